The number of rotatable bonds is 7. The molecule has 1 fully saturated rings. The molecule has 8 heteroatoms. The monoisotopic (exact) mass is 549 g/mol. The van der Waals surface area contributed by atoms with Gasteiger partial charge in [-0.15, -0.1) is 0 Å². The number of amides is 2. The van der Waals surface area contributed by atoms with E-state index in [1.807, 2.05) is 54.3 Å². The Kier molecular flexibility index (Phi) is 10.6. The molecular weight excluding hydrogens is 506 g/mol. The zero-order chi connectivity index (χ0) is 28.4. The van der Waals surface area contributed by atoms with Crippen LogP contribution in [0.3, 0.4) is 0 Å². The summed E-state index contributed by atoms with van der Waals surface area (Å²) in [7, 11) is 0. The first-order chi connectivity index (χ1) is 19.5. The lowest BCUT2D eigenvalue weighted by Crippen LogP contribution is -2.53. The summed E-state index contributed by atoms with van der Waals surface area (Å²) in [5.74, 6) is 0.562. The van der Waals surface area contributed by atoms with Gasteiger partial charge < -0.3 is 19.3 Å². The topological polar surface area (TPSA) is 79.4 Å². The first-order valence-electron chi connectivity index (χ1n) is 14.7. The quantitative estimate of drug-likeness (QED) is 0.479. The molecule has 4 rings (SSSR count). The van der Waals surface area contributed by atoms with Crippen LogP contribution in [0.5, 0.6) is 5.75 Å². The molecule has 2 amide bonds. The summed E-state index contributed by atoms with van der Waals surface area (Å²) in [6.45, 7) is 7.14. The highest BCUT2D eigenvalue weighted by atomic mass is 16.5. The van der Waals surface area contributed by atoms with Crippen molar-refractivity contribution in [2.45, 2.75) is 52.4 Å². The molecule has 216 valence electrons. The minimum absolute atomic E-state index is 0.121. The van der Waals surface area contributed by atoms with E-state index in [0.29, 0.717) is 38.5 Å². The molecule has 0 aliphatic carbocycles. The van der Waals surface area contributed by atoms with Crippen LogP contribution >= 0.6 is 0 Å². The number of hydrogen-bond acceptors (Lipinski definition) is 6. The fourth-order valence-corrected chi connectivity index (χ4v) is 5.89. The lowest BCUT2D eigenvalue weighted by molar-refractivity contribution is -0.146. The van der Waals surface area contributed by atoms with E-state index >= 15 is 0 Å². The maximum absolute atomic E-state index is 13.9. The van der Waals surface area contributed by atoms with E-state index in [1.54, 1.807) is 6.92 Å². The molecule has 40 heavy (non-hydrogen) atoms. The molecule has 0 saturated carbocycles. The zero-order valence-corrected chi connectivity index (χ0v) is 24.0. The minimum atomic E-state index is -0.428. The van der Waals surface area contributed by atoms with Crippen LogP contribution in [-0.4, -0.2) is 80.1 Å². The van der Waals surface area contributed by atoms with Gasteiger partial charge in [0.05, 0.1) is 25.1 Å². The minimum Gasteiger partial charge on any atom is -0.491 e. The molecule has 1 spiro atoms. The van der Waals surface area contributed by atoms with Gasteiger partial charge >= 0.3 is 5.97 Å². The van der Waals surface area contributed by atoms with Gasteiger partial charge in [-0.2, -0.15) is 0 Å². The number of likely N-dealkylation sites (tertiary alicyclic amines) is 1. The molecule has 8 nitrogen and oxygen atoms in total. The van der Waals surface area contributed by atoms with E-state index in [-0.39, 0.29) is 31.5 Å². The fourth-order valence-electron chi connectivity index (χ4n) is 5.89. The lowest BCUT2D eigenvalue weighted by Gasteiger charge is -2.43. The highest BCUT2D eigenvalue weighted by molar-refractivity contribution is 5.98. The molecule has 2 aromatic carbocycles. The number of carbonyl (C=O) groups is 3. The Labute approximate surface area is 238 Å². The third-order valence-electron chi connectivity index (χ3n) is 8.20. The van der Waals surface area contributed by atoms with Gasteiger partial charge in [-0.05, 0) is 82.8 Å². The normalized spacial score (nSPS) is 18.1. The molecule has 0 unspecified atom stereocenters. The molecular formula is C32H43N3O5. The number of ether oxygens (including phenoxy) is 2. The summed E-state index contributed by atoms with van der Waals surface area (Å²) >= 11 is 0. The fraction of sp³-hybridized carbons (Fsp3) is 0.531. The summed E-state index contributed by atoms with van der Waals surface area (Å²) in [5, 5.41) is 0. The maximum atomic E-state index is 13.9. The number of nitrogens with zero attached hydrogens (tertiary/aromatic N) is 3. The number of benzene rings is 2. The number of esters is 1. The Morgan fingerprint density at radius 3 is 2.40 bits per heavy atom. The molecule has 2 aliphatic rings. The van der Waals surface area contributed by atoms with Crippen LogP contribution in [0.25, 0.3) is 0 Å². The predicted molar refractivity (Wildman–Crippen MR) is 155 cm³/mol. The number of fused-ring (bicyclic) bond motifs is 1. The van der Waals surface area contributed by atoms with Gasteiger partial charge in [-0.1, -0.05) is 42.8 Å². The molecule has 0 aromatic heterocycles. The van der Waals surface area contributed by atoms with Crippen molar-refractivity contribution < 1.29 is 23.9 Å². The van der Waals surface area contributed by atoms with Crippen LogP contribution < -0.4 is 9.64 Å². The highest BCUT2D eigenvalue weighted by Crippen LogP contribution is 2.39. The largest absolute Gasteiger partial charge is 0.491 e. The van der Waals surface area contributed by atoms with E-state index in [9.17, 15) is 14.4 Å². The van der Waals surface area contributed by atoms with E-state index in [0.717, 1.165) is 44.3 Å². The van der Waals surface area contributed by atoms with Gasteiger partial charge in [0.1, 0.15) is 18.9 Å². The second-order valence-corrected chi connectivity index (χ2v) is 10.7. The third-order valence-corrected chi connectivity index (χ3v) is 8.20. The lowest BCUT2D eigenvalue weighted by atomic mass is 9.73. The van der Waals surface area contributed by atoms with Crippen LogP contribution in [0.4, 0.5) is 5.69 Å². The number of anilines is 1. The Balaban J connectivity index is 1.42. The second-order valence-electron chi connectivity index (χ2n) is 10.7. The van der Waals surface area contributed by atoms with Gasteiger partial charge in [0.15, 0.2) is 0 Å². The first-order valence-corrected chi connectivity index (χ1v) is 14.7. The summed E-state index contributed by atoms with van der Waals surface area (Å²) in [6.07, 6.45) is 5.20. The van der Waals surface area contributed by atoms with Gasteiger partial charge in [-0.3, -0.25) is 19.3 Å². The molecule has 2 aliphatic heterocycles. The van der Waals surface area contributed by atoms with E-state index in [4.69, 9.17) is 9.47 Å². The van der Waals surface area contributed by atoms with Gasteiger partial charge in [0, 0.05) is 12.2 Å². The predicted octanol–water partition coefficient (Wildman–Crippen LogP) is 4.32. The number of likely N-dealkylation sites (N-methyl/N-ethyl adjacent to an activating group) is 1. The number of hydrogen-bond donors (Lipinski definition) is 0. The summed E-state index contributed by atoms with van der Waals surface area (Å²) in [6, 6.07) is 17.4. The van der Waals surface area contributed by atoms with Crippen molar-refractivity contribution in [2.24, 2.45) is 5.41 Å². The molecule has 0 N–H and O–H groups in total. The molecule has 2 heterocycles. The number of piperidine rings is 1. The number of carbonyl (C=O) groups excluding carboxylic acids is 3. The average Bonchev–Trinajstić information content (AvgIpc) is 2.97. The molecule has 0 bridgehead atoms. The van der Waals surface area contributed by atoms with Gasteiger partial charge in [-0.25, -0.2) is 0 Å². The average molecular weight is 550 g/mol. The first kappa shape index (κ1) is 29.6. The van der Waals surface area contributed by atoms with Crippen LogP contribution in [0, 0.1) is 5.41 Å². The van der Waals surface area contributed by atoms with Crippen molar-refractivity contribution in [1.29, 1.82) is 0 Å². The van der Waals surface area contributed by atoms with Crippen molar-refractivity contribution in [1.82, 2.24) is 9.80 Å². The SMILES string of the molecule is CCOC(=O)CN(C(=O)CN1CCC2(CCCCc3ccccc3OCCN(CC)C2=O)CC1)c1ccccc1. The van der Waals surface area contributed by atoms with Crippen LogP contribution in [0.1, 0.15) is 51.5 Å². The second kappa shape index (κ2) is 14.3. The number of aryl methyl sites for hydroxylation is 1. The molecule has 1 saturated heterocycles. The number of para-hydroxylation sites is 2. The van der Waals surface area contributed by atoms with Crippen molar-refractivity contribution in [3.05, 3.63) is 60.2 Å². The Morgan fingerprint density at radius 2 is 1.68 bits per heavy atom. The standard InChI is InChI=1S/C32H43N3O5/c1-3-34-22-23-40-28-16-9-8-12-26(28)13-10-11-17-32(31(34)38)18-20-33(21-19-32)24-29(36)35(25-30(37)39-4-2)27-14-6-5-7-15-27/h5-9,12,14-16H,3-4,10-11,13,17-25H2,1-2H3. The molecule has 0 atom stereocenters. The van der Waals surface area contributed by atoms with Gasteiger partial charge in [0.25, 0.3) is 0 Å². The molecule has 2 aromatic rings. The smallest absolute Gasteiger partial charge is 0.326 e. The van der Waals surface area contributed by atoms with Gasteiger partial charge in [0.2, 0.25) is 11.8 Å². The Bertz CT molecular complexity index is 1130. The van der Waals surface area contributed by atoms with Crippen LogP contribution in [0.15, 0.2) is 54.6 Å². The Hall–Kier alpha value is -3.39. The zero-order valence-electron chi connectivity index (χ0n) is 24.0. The Morgan fingerprint density at radius 1 is 0.950 bits per heavy atom. The summed E-state index contributed by atoms with van der Waals surface area (Å²) < 4.78 is 11.2. The summed E-state index contributed by atoms with van der Waals surface area (Å²) in [5.41, 5.74) is 1.48. The van der Waals surface area contributed by atoms with Crippen molar-refractivity contribution in [2.75, 3.05) is 57.4 Å². The van der Waals surface area contributed by atoms with Crippen molar-refractivity contribution in [3.8, 4) is 5.75 Å². The van der Waals surface area contributed by atoms with Crippen LogP contribution in [0.2, 0.25) is 0 Å². The van der Waals surface area contributed by atoms with Crippen LogP contribution in [-0.2, 0) is 25.5 Å². The van der Waals surface area contributed by atoms with E-state index < -0.39 is 11.4 Å². The third kappa shape index (κ3) is 7.42. The van der Waals surface area contributed by atoms with Crippen molar-refractivity contribution in [3.63, 3.8) is 0 Å². The molecule has 0 radical (unpaired) electrons. The van der Waals surface area contributed by atoms with Crippen molar-refractivity contribution >= 4 is 23.5 Å². The summed E-state index contributed by atoms with van der Waals surface area (Å²) in [4.78, 5) is 45.2. The van der Waals surface area contributed by atoms with E-state index in [2.05, 4.69) is 17.0 Å². The highest BCUT2D eigenvalue weighted by Gasteiger charge is 2.43. The maximum Gasteiger partial charge on any atom is 0.326 e. The van der Waals surface area contributed by atoms with E-state index in [1.165, 1.54) is 10.5 Å².